The minimum Gasteiger partial charge on any atom is -0.352 e. The maximum absolute atomic E-state index is 12.0. The van der Waals surface area contributed by atoms with E-state index in [0.717, 1.165) is 24.7 Å². The summed E-state index contributed by atoms with van der Waals surface area (Å²) in [5.41, 5.74) is 0.910. The lowest BCUT2D eigenvalue weighted by Crippen LogP contribution is -2.37. The first kappa shape index (κ1) is 16.5. The van der Waals surface area contributed by atoms with Crippen molar-refractivity contribution < 1.29 is 14.4 Å². The van der Waals surface area contributed by atoms with Crippen molar-refractivity contribution in [2.75, 3.05) is 6.54 Å². The molecule has 22 heavy (non-hydrogen) atoms. The molecule has 118 valence electrons. The average Bonchev–Trinajstić information content (AvgIpc) is 2.99. The molecule has 1 aromatic rings. The van der Waals surface area contributed by atoms with Crippen LogP contribution in [0.15, 0.2) is 24.3 Å². The molecular formula is C16H19ClN2O3. The number of likely N-dealkylation sites (tertiary alicyclic amines) is 1. The van der Waals surface area contributed by atoms with Gasteiger partial charge in [0.15, 0.2) is 0 Å². The van der Waals surface area contributed by atoms with Crippen LogP contribution in [0.5, 0.6) is 0 Å². The fraction of sp³-hybridized carbons (Fsp3) is 0.438. The van der Waals surface area contributed by atoms with Gasteiger partial charge in [0.1, 0.15) is 6.29 Å². The zero-order valence-electron chi connectivity index (χ0n) is 12.3. The molecule has 1 N–H and O–H groups in total. The lowest BCUT2D eigenvalue weighted by molar-refractivity contribution is -0.136. The number of nitrogens with one attached hydrogen (secondary N) is 1. The van der Waals surface area contributed by atoms with Crippen molar-refractivity contribution in [3.8, 4) is 0 Å². The quantitative estimate of drug-likeness (QED) is 0.814. The van der Waals surface area contributed by atoms with Crippen LogP contribution in [-0.4, -0.2) is 35.6 Å². The standard InChI is InChI=1S/C16H19ClN2O3/c17-13-4-1-3-12(9-13)10-18-15(21)6-7-16(22)19-8-2-5-14(19)11-20/h1,3-4,9,11,14H,2,5-8,10H2,(H,18,21)/t14-/m0/s1. The second kappa shape index (κ2) is 7.94. The first-order valence-corrected chi connectivity index (χ1v) is 7.74. The zero-order valence-corrected chi connectivity index (χ0v) is 13.0. The van der Waals surface area contributed by atoms with E-state index in [1.165, 1.54) is 0 Å². The fourth-order valence-corrected chi connectivity index (χ4v) is 2.76. The molecule has 1 fully saturated rings. The van der Waals surface area contributed by atoms with Crippen LogP contribution in [0, 0.1) is 0 Å². The maximum atomic E-state index is 12.0. The van der Waals surface area contributed by atoms with Crippen molar-refractivity contribution in [2.24, 2.45) is 0 Å². The third-order valence-electron chi connectivity index (χ3n) is 3.72. The molecule has 0 radical (unpaired) electrons. The van der Waals surface area contributed by atoms with Crippen LogP contribution in [0.2, 0.25) is 5.02 Å². The normalized spacial score (nSPS) is 17.3. The number of nitrogens with zero attached hydrogens (tertiary/aromatic N) is 1. The third-order valence-corrected chi connectivity index (χ3v) is 3.96. The van der Waals surface area contributed by atoms with Crippen molar-refractivity contribution in [1.82, 2.24) is 10.2 Å². The number of aldehydes is 1. The molecule has 1 aliphatic heterocycles. The molecule has 6 heteroatoms. The molecule has 1 aromatic carbocycles. The maximum Gasteiger partial charge on any atom is 0.223 e. The molecule has 5 nitrogen and oxygen atoms in total. The van der Waals surface area contributed by atoms with E-state index in [9.17, 15) is 14.4 Å². The number of amides is 2. The van der Waals surface area contributed by atoms with Gasteiger partial charge in [-0.3, -0.25) is 9.59 Å². The highest BCUT2D eigenvalue weighted by molar-refractivity contribution is 6.30. The van der Waals surface area contributed by atoms with E-state index in [1.54, 1.807) is 17.0 Å². The van der Waals surface area contributed by atoms with Crippen LogP contribution in [0.4, 0.5) is 0 Å². The van der Waals surface area contributed by atoms with Crippen LogP contribution in [-0.2, 0) is 20.9 Å². The minimum absolute atomic E-state index is 0.126. The Balaban J connectivity index is 1.73. The smallest absolute Gasteiger partial charge is 0.223 e. The van der Waals surface area contributed by atoms with E-state index < -0.39 is 0 Å². The Morgan fingerprint density at radius 3 is 2.91 bits per heavy atom. The van der Waals surface area contributed by atoms with E-state index in [4.69, 9.17) is 11.6 Å². The molecule has 0 spiro atoms. The van der Waals surface area contributed by atoms with E-state index in [1.807, 2.05) is 12.1 Å². The molecule has 2 rings (SSSR count). The van der Waals surface area contributed by atoms with Crippen LogP contribution in [0.1, 0.15) is 31.2 Å². The van der Waals surface area contributed by atoms with E-state index in [0.29, 0.717) is 18.1 Å². The SMILES string of the molecule is O=C[C@@H]1CCCN1C(=O)CCC(=O)NCc1cccc(Cl)c1. The van der Waals surface area contributed by atoms with Gasteiger partial charge >= 0.3 is 0 Å². The summed E-state index contributed by atoms with van der Waals surface area (Å²) >= 11 is 5.87. The number of benzene rings is 1. The Labute approximate surface area is 134 Å². The molecule has 1 heterocycles. The second-order valence-electron chi connectivity index (χ2n) is 5.34. The Morgan fingerprint density at radius 2 is 2.18 bits per heavy atom. The van der Waals surface area contributed by atoms with Gasteiger partial charge in [-0.25, -0.2) is 0 Å². The van der Waals surface area contributed by atoms with Gasteiger partial charge in [0, 0.05) is 31.0 Å². The first-order chi connectivity index (χ1) is 10.6. The topological polar surface area (TPSA) is 66.5 Å². The van der Waals surface area contributed by atoms with Gasteiger partial charge in [0.2, 0.25) is 11.8 Å². The van der Waals surface area contributed by atoms with Crippen molar-refractivity contribution >= 4 is 29.7 Å². The van der Waals surface area contributed by atoms with Gasteiger partial charge in [-0.15, -0.1) is 0 Å². The van der Waals surface area contributed by atoms with Gasteiger partial charge in [-0.1, -0.05) is 23.7 Å². The highest BCUT2D eigenvalue weighted by Crippen LogP contribution is 2.17. The predicted molar refractivity (Wildman–Crippen MR) is 83.3 cm³/mol. The lowest BCUT2D eigenvalue weighted by Gasteiger charge is -2.20. The number of rotatable bonds is 6. The number of hydrogen-bond acceptors (Lipinski definition) is 3. The van der Waals surface area contributed by atoms with E-state index in [-0.39, 0.29) is 30.7 Å². The highest BCUT2D eigenvalue weighted by Gasteiger charge is 2.27. The van der Waals surface area contributed by atoms with Gasteiger partial charge in [0.25, 0.3) is 0 Å². The molecular weight excluding hydrogens is 304 g/mol. The Kier molecular flexibility index (Phi) is 5.95. The first-order valence-electron chi connectivity index (χ1n) is 7.36. The van der Waals surface area contributed by atoms with Crippen LogP contribution in [0.3, 0.4) is 0 Å². The lowest BCUT2D eigenvalue weighted by atomic mass is 10.2. The molecule has 1 saturated heterocycles. The molecule has 0 aromatic heterocycles. The summed E-state index contributed by atoms with van der Waals surface area (Å²) < 4.78 is 0. The van der Waals surface area contributed by atoms with Crippen molar-refractivity contribution in [1.29, 1.82) is 0 Å². The van der Waals surface area contributed by atoms with Crippen LogP contribution < -0.4 is 5.32 Å². The zero-order chi connectivity index (χ0) is 15.9. The molecule has 1 aliphatic rings. The summed E-state index contributed by atoms with van der Waals surface area (Å²) in [7, 11) is 0. The third kappa shape index (κ3) is 4.56. The molecule has 0 aliphatic carbocycles. The van der Waals surface area contributed by atoms with E-state index >= 15 is 0 Å². The molecule has 0 unspecified atom stereocenters. The summed E-state index contributed by atoms with van der Waals surface area (Å²) in [6.07, 6.45) is 2.63. The summed E-state index contributed by atoms with van der Waals surface area (Å²) in [5.74, 6) is -0.317. The van der Waals surface area contributed by atoms with Crippen LogP contribution >= 0.6 is 11.6 Å². The number of carbonyl (C=O) groups excluding carboxylic acids is 3. The Morgan fingerprint density at radius 1 is 1.36 bits per heavy atom. The van der Waals surface area contributed by atoms with Crippen molar-refractivity contribution in [2.45, 2.75) is 38.3 Å². The number of carbonyl (C=O) groups is 3. The predicted octanol–water partition coefficient (Wildman–Crippen LogP) is 1.93. The molecule has 1 atom stereocenters. The highest BCUT2D eigenvalue weighted by atomic mass is 35.5. The summed E-state index contributed by atoms with van der Waals surface area (Å²) in [5, 5.41) is 3.38. The van der Waals surface area contributed by atoms with Gasteiger partial charge in [-0.05, 0) is 30.5 Å². The van der Waals surface area contributed by atoms with Gasteiger partial charge in [0.05, 0.1) is 6.04 Å². The Bertz CT molecular complexity index is 562. The average molecular weight is 323 g/mol. The summed E-state index contributed by atoms with van der Waals surface area (Å²) in [4.78, 5) is 36.2. The molecule has 0 bridgehead atoms. The summed E-state index contributed by atoms with van der Waals surface area (Å²) in [6.45, 7) is 0.987. The van der Waals surface area contributed by atoms with Crippen LogP contribution in [0.25, 0.3) is 0 Å². The Hall–Kier alpha value is -1.88. The number of hydrogen-bond donors (Lipinski definition) is 1. The monoisotopic (exact) mass is 322 g/mol. The summed E-state index contributed by atoms with van der Waals surface area (Å²) in [6, 6.07) is 6.93. The van der Waals surface area contributed by atoms with Crippen molar-refractivity contribution in [3.05, 3.63) is 34.9 Å². The van der Waals surface area contributed by atoms with Crippen molar-refractivity contribution in [3.63, 3.8) is 0 Å². The minimum atomic E-state index is -0.318. The largest absolute Gasteiger partial charge is 0.352 e. The molecule has 2 amide bonds. The molecule has 0 saturated carbocycles. The van der Waals surface area contributed by atoms with Gasteiger partial charge < -0.3 is 15.0 Å². The second-order valence-corrected chi connectivity index (χ2v) is 5.78. The number of halogens is 1. The fourth-order valence-electron chi connectivity index (χ4n) is 2.54. The van der Waals surface area contributed by atoms with Gasteiger partial charge in [-0.2, -0.15) is 0 Å². The van der Waals surface area contributed by atoms with E-state index in [2.05, 4.69) is 5.32 Å².